The molecule has 0 aliphatic rings. The van der Waals surface area contributed by atoms with Crippen LogP contribution in [0.25, 0.3) is 11.3 Å². The fourth-order valence-electron chi connectivity index (χ4n) is 1.25. The van der Waals surface area contributed by atoms with Gasteiger partial charge in [0, 0.05) is 23.5 Å². The van der Waals surface area contributed by atoms with Crippen LogP contribution in [0.1, 0.15) is 12.5 Å². The van der Waals surface area contributed by atoms with Gasteiger partial charge in [0.15, 0.2) is 0 Å². The number of nitrogens with zero attached hydrogens (tertiary/aromatic N) is 2. The third kappa shape index (κ3) is 1.45. The van der Waals surface area contributed by atoms with E-state index in [1.54, 1.807) is 18.7 Å². The van der Waals surface area contributed by atoms with Gasteiger partial charge in [-0.1, -0.05) is 12.1 Å². The zero-order chi connectivity index (χ0) is 9.10. The summed E-state index contributed by atoms with van der Waals surface area (Å²) in [5, 5.41) is 3.94. The van der Waals surface area contributed by atoms with Gasteiger partial charge in [-0.15, -0.1) is 0 Å². The number of hydrogen-bond acceptors (Lipinski definition) is 3. The molecule has 2 aromatic rings. The van der Waals surface area contributed by atoms with E-state index < -0.39 is 0 Å². The van der Waals surface area contributed by atoms with Gasteiger partial charge in [-0.3, -0.25) is 4.98 Å². The fraction of sp³-hybridized carbons (Fsp3) is 0.200. The number of aryl methyl sites for hydroxylation is 1. The smallest absolute Gasteiger partial charge is 0.127 e. The SMILES string of the molecule is CCc1conc1-c1cccnc1. The molecule has 3 nitrogen and oxygen atoms in total. The second kappa shape index (κ2) is 3.39. The molecule has 0 unspecified atom stereocenters. The molecule has 0 fully saturated rings. The minimum absolute atomic E-state index is 0.899. The normalized spacial score (nSPS) is 10.2. The molecule has 0 saturated carbocycles. The molecule has 0 aliphatic carbocycles. The zero-order valence-corrected chi connectivity index (χ0v) is 7.40. The fourth-order valence-corrected chi connectivity index (χ4v) is 1.25. The van der Waals surface area contributed by atoms with E-state index in [1.165, 1.54) is 0 Å². The van der Waals surface area contributed by atoms with Gasteiger partial charge in [-0.05, 0) is 18.6 Å². The Kier molecular flexibility index (Phi) is 2.08. The van der Waals surface area contributed by atoms with Gasteiger partial charge >= 0.3 is 0 Å². The Morgan fingerprint density at radius 2 is 2.38 bits per heavy atom. The molecule has 13 heavy (non-hydrogen) atoms. The van der Waals surface area contributed by atoms with Gasteiger partial charge in [-0.2, -0.15) is 0 Å². The summed E-state index contributed by atoms with van der Waals surface area (Å²) in [4.78, 5) is 4.03. The predicted octanol–water partition coefficient (Wildman–Crippen LogP) is 2.30. The van der Waals surface area contributed by atoms with Crippen LogP contribution in [0.4, 0.5) is 0 Å². The van der Waals surface area contributed by atoms with E-state index in [1.807, 2.05) is 12.1 Å². The molecule has 0 amide bonds. The molecule has 0 radical (unpaired) electrons. The molecule has 66 valence electrons. The van der Waals surface area contributed by atoms with Crippen molar-refractivity contribution in [2.24, 2.45) is 0 Å². The van der Waals surface area contributed by atoms with Crippen LogP contribution in [0.2, 0.25) is 0 Å². The van der Waals surface area contributed by atoms with E-state index in [4.69, 9.17) is 4.52 Å². The Balaban J connectivity index is 2.47. The third-order valence-corrected chi connectivity index (χ3v) is 1.96. The van der Waals surface area contributed by atoms with Crippen LogP contribution in [-0.4, -0.2) is 10.1 Å². The van der Waals surface area contributed by atoms with Crippen LogP contribution in [0.15, 0.2) is 35.3 Å². The van der Waals surface area contributed by atoms with Crippen LogP contribution in [0.3, 0.4) is 0 Å². The first-order valence-electron chi connectivity index (χ1n) is 4.25. The van der Waals surface area contributed by atoms with E-state index in [0.29, 0.717) is 0 Å². The Morgan fingerprint density at radius 3 is 3.08 bits per heavy atom. The van der Waals surface area contributed by atoms with E-state index in [2.05, 4.69) is 17.1 Å². The second-order valence-corrected chi connectivity index (χ2v) is 2.78. The highest BCUT2D eigenvalue weighted by Crippen LogP contribution is 2.20. The van der Waals surface area contributed by atoms with Crippen molar-refractivity contribution in [3.63, 3.8) is 0 Å². The third-order valence-electron chi connectivity index (χ3n) is 1.96. The molecule has 3 heteroatoms. The summed E-state index contributed by atoms with van der Waals surface area (Å²) in [6.45, 7) is 2.08. The van der Waals surface area contributed by atoms with E-state index in [9.17, 15) is 0 Å². The molecule has 2 aromatic heterocycles. The minimum Gasteiger partial charge on any atom is -0.364 e. The van der Waals surface area contributed by atoms with Crippen LogP contribution < -0.4 is 0 Å². The maximum atomic E-state index is 4.91. The highest BCUT2D eigenvalue weighted by atomic mass is 16.5. The summed E-state index contributed by atoms with van der Waals surface area (Å²) in [6, 6.07) is 3.87. The molecule has 0 aromatic carbocycles. The average molecular weight is 174 g/mol. The summed E-state index contributed by atoms with van der Waals surface area (Å²) in [6.07, 6.45) is 6.14. The van der Waals surface area contributed by atoms with Crippen molar-refractivity contribution in [3.8, 4) is 11.3 Å². The van der Waals surface area contributed by atoms with E-state index in [-0.39, 0.29) is 0 Å². The largest absolute Gasteiger partial charge is 0.364 e. The van der Waals surface area contributed by atoms with Crippen molar-refractivity contribution in [2.45, 2.75) is 13.3 Å². The molecule has 0 N–H and O–H groups in total. The minimum atomic E-state index is 0.899. The summed E-state index contributed by atoms with van der Waals surface area (Å²) in [5.74, 6) is 0. The number of rotatable bonds is 2. The lowest BCUT2D eigenvalue weighted by Gasteiger charge is -1.95. The summed E-state index contributed by atoms with van der Waals surface area (Å²) >= 11 is 0. The van der Waals surface area contributed by atoms with Crippen LogP contribution in [-0.2, 0) is 6.42 Å². The first-order valence-corrected chi connectivity index (χ1v) is 4.25. The maximum Gasteiger partial charge on any atom is 0.127 e. The zero-order valence-electron chi connectivity index (χ0n) is 7.40. The van der Waals surface area contributed by atoms with Gasteiger partial charge in [0.2, 0.25) is 0 Å². The molecule has 2 rings (SSSR count). The van der Waals surface area contributed by atoms with E-state index >= 15 is 0 Å². The quantitative estimate of drug-likeness (QED) is 0.701. The Hall–Kier alpha value is -1.64. The summed E-state index contributed by atoms with van der Waals surface area (Å²) < 4.78 is 4.91. The predicted molar refractivity (Wildman–Crippen MR) is 49.1 cm³/mol. The van der Waals surface area contributed by atoms with Crippen molar-refractivity contribution in [1.29, 1.82) is 0 Å². The standard InChI is InChI=1S/C10H10N2O/c1-2-8-7-13-12-10(8)9-4-3-5-11-6-9/h3-7H,2H2,1H3. The molecule has 2 heterocycles. The highest BCUT2D eigenvalue weighted by Gasteiger charge is 2.07. The molecular formula is C10H10N2O. The highest BCUT2D eigenvalue weighted by molar-refractivity contribution is 5.60. The summed E-state index contributed by atoms with van der Waals surface area (Å²) in [7, 11) is 0. The maximum absolute atomic E-state index is 4.91. The van der Waals surface area contributed by atoms with E-state index in [0.717, 1.165) is 23.2 Å². The lowest BCUT2D eigenvalue weighted by atomic mass is 10.1. The Bertz CT molecular complexity index is 381. The topological polar surface area (TPSA) is 38.9 Å². The van der Waals surface area contributed by atoms with Crippen molar-refractivity contribution in [1.82, 2.24) is 10.1 Å². The second-order valence-electron chi connectivity index (χ2n) is 2.78. The average Bonchev–Trinajstić information content (AvgIpc) is 2.67. The van der Waals surface area contributed by atoms with Crippen molar-refractivity contribution < 1.29 is 4.52 Å². The number of hydrogen-bond donors (Lipinski definition) is 0. The van der Waals surface area contributed by atoms with Crippen LogP contribution >= 0.6 is 0 Å². The van der Waals surface area contributed by atoms with Gasteiger partial charge in [0.25, 0.3) is 0 Å². The van der Waals surface area contributed by atoms with Crippen LogP contribution in [0, 0.1) is 0 Å². The number of pyridine rings is 1. The molecule has 0 aliphatic heterocycles. The Labute approximate surface area is 76.4 Å². The lowest BCUT2D eigenvalue weighted by molar-refractivity contribution is 0.421. The first kappa shape index (κ1) is 7.98. The Morgan fingerprint density at radius 1 is 1.46 bits per heavy atom. The van der Waals surface area contributed by atoms with Gasteiger partial charge < -0.3 is 4.52 Å². The molecule has 0 saturated heterocycles. The summed E-state index contributed by atoms with van der Waals surface area (Å²) in [5.41, 5.74) is 3.02. The molecular weight excluding hydrogens is 164 g/mol. The van der Waals surface area contributed by atoms with Gasteiger partial charge in [0.05, 0.1) is 0 Å². The van der Waals surface area contributed by atoms with Crippen LogP contribution in [0.5, 0.6) is 0 Å². The van der Waals surface area contributed by atoms with Gasteiger partial charge in [-0.25, -0.2) is 0 Å². The monoisotopic (exact) mass is 174 g/mol. The molecule has 0 bridgehead atoms. The molecule has 0 atom stereocenters. The van der Waals surface area contributed by atoms with Crippen molar-refractivity contribution in [2.75, 3.05) is 0 Å². The van der Waals surface area contributed by atoms with Crippen molar-refractivity contribution in [3.05, 3.63) is 36.4 Å². The van der Waals surface area contributed by atoms with Crippen molar-refractivity contribution >= 4 is 0 Å². The lowest BCUT2D eigenvalue weighted by Crippen LogP contribution is -1.84. The number of aromatic nitrogens is 2. The van der Waals surface area contributed by atoms with Gasteiger partial charge in [0.1, 0.15) is 12.0 Å². The first-order chi connectivity index (χ1) is 6.42. The molecule has 0 spiro atoms.